The van der Waals surface area contributed by atoms with Gasteiger partial charge in [-0.05, 0) is 12.3 Å². The molecule has 0 unspecified atom stereocenters. The van der Waals surface area contributed by atoms with Crippen molar-refractivity contribution in [1.29, 1.82) is 0 Å². The second kappa shape index (κ2) is 6.37. The summed E-state index contributed by atoms with van der Waals surface area (Å²) in [6.45, 7) is 1.32. The van der Waals surface area contributed by atoms with Crippen LogP contribution in [0, 0.1) is 11.7 Å². The van der Waals surface area contributed by atoms with Gasteiger partial charge in [0.15, 0.2) is 11.6 Å². The monoisotopic (exact) mass is 263 g/mol. The summed E-state index contributed by atoms with van der Waals surface area (Å²) >= 11 is 0. The Balaban J connectivity index is 2.77. The SMILES string of the molecule is CC(C)CCOc1cc(OC(F)F)c(F)cc1N. The van der Waals surface area contributed by atoms with Crippen LogP contribution in [-0.4, -0.2) is 13.2 Å². The Morgan fingerprint density at radius 3 is 2.44 bits per heavy atom. The molecule has 1 rings (SSSR count). The van der Waals surface area contributed by atoms with Crippen molar-refractivity contribution in [2.24, 2.45) is 5.92 Å². The minimum Gasteiger partial charge on any atom is -0.491 e. The zero-order chi connectivity index (χ0) is 13.7. The van der Waals surface area contributed by atoms with Crippen molar-refractivity contribution in [1.82, 2.24) is 0 Å². The average Bonchev–Trinajstić information content (AvgIpc) is 2.23. The van der Waals surface area contributed by atoms with Gasteiger partial charge >= 0.3 is 6.61 Å². The highest BCUT2D eigenvalue weighted by atomic mass is 19.3. The molecule has 0 amide bonds. The van der Waals surface area contributed by atoms with E-state index >= 15 is 0 Å². The van der Waals surface area contributed by atoms with Crippen molar-refractivity contribution >= 4 is 5.69 Å². The summed E-state index contributed by atoms with van der Waals surface area (Å²) in [4.78, 5) is 0. The maximum atomic E-state index is 13.2. The molecule has 0 aliphatic carbocycles. The molecule has 0 fully saturated rings. The Hall–Kier alpha value is -1.59. The van der Waals surface area contributed by atoms with E-state index in [1.807, 2.05) is 13.8 Å². The quantitative estimate of drug-likeness (QED) is 0.800. The third-order valence-corrected chi connectivity index (χ3v) is 2.23. The lowest BCUT2D eigenvalue weighted by molar-refractivity contribution is -0.0522. The summed E-state index contributed by atoms with van der Waals surface area (Å²) in [5.41, 5.74) is 5.58. The first kappa shape index (κ1) is 14.5. The number of rotatable bonds is 6. The molecule has 0 aliphatic rings. The maximum absolute atomic E-state index is 13.2. The Labute approximate surface area is 104 Å². The summed E-state index contributed by atoms with van der Waals surface area (Å²) in [5, 5.41) is 0. The Bertz CT molecular complexity index is 397. The minimum absolute atomic E-state index is 0.0536. The first-order valence-electron chi connectivity index (χ1n) is 5.56. The molecule has 0 aromatic heterocycles. The van der Waals surface area contributed by atoms with E-state index in [-0.39, 0.29) is 11.4 Å². The van der Waals surface area contributed by atoms with Gasteiger partial charge in [0.2, 0.25) is 0 Å². The van der Waals surface area contributed by atoms with Gasteiger partial charge in [0.1, 0.15) is 5.75 Å². The smallest absolute Gasteiger partial charge is 0.387 e. The summed E-state index contributed by atoms with van der Waals surface area (Å²) in [5.74, 6) is -0.932. The van der Waals surface area contributed by atoms with Gasteiger partial charge in [-0.15, -0.1) is 0 Å². The molecule has 3 nitrogen and oxygen atoms in total. The van der Waals surface area contributed by atoms with Gasteiger partial charge < -0.3 is 15.2 Å². The maximum Gasteiger partial charge on any atom is 0.387 e. The second-order valence-corrected chi connectivity index (χ2v) is 4.23. The number of nitrogen functional groups attached to an aromatic ring is 1. The molecule has 6 heteroatoms. The van der Waals surface area contributed by atoms with Crippen molar-refractivity contribution in [3.05, 3.63) is 17.9 Å². The fourth-order valence-corrected chi connectivity index (χ4v) is 1.27. The zero-order valence-corrected chi connectivity index (χ0v) is 10.3. The lowest BCUT2D eigenvalue weighted by atomic mass is 10.1. The first-order chi connectivity index (χ1) is 8.40. The average molecular weight is 263 g/mol. The van der Waals surface area contributed by atoms with E-state index in [4.69, 9.17) is 10.5 Å². The Morgan fingerprint density at radius 2 is 1.89 bits per heavy atom. The number of nitrogens with two attached hydrogens (primary N) is 1. The molecule has 0 saturated carbocycles. The van der Waals surface area contributed by atoms with E-state index in [9.17, 15) is 13.2 Å². The highest BCUT2D eigenvalue weighted by Crippen LogP contribution is 2.31. The Morgan fingerprint density at radius 1 is 1.22 bits per heavy atom. The van der Waals surface area contributed by atoms with Crippen LogP contribution in [0.2, 0.25) is 0 Å². The number of benzene rings is 1. The molecule has 2 N–H and O–H groups in total. The lowest BCUT2D eigenvalue weighted by Crippen LogP contribution is -2.07. The van der Waals surface area contributed by atoms with Gasteiger partial charge in [0.25, 0.3) is 0 Å². The molecule has 0 saturated heterocycles. The molecular weight excluding hydrogens is 247 g/mol. The van der Waals surface area contributed by atoms with Crippen LogP contribution < -0.4 is 15.2 Å². The standard InChI is InChI=1S/C12H16F3NO2/c1-7(2)3-4-17-11-6-10(18-12(14)15)8(13)5-9(11)16/h5-7,12H,3-4,16H2,1-2H3. The van der Waals surface area contributed by atoms with E-state index in [1.165, 1.54) is 0 Å². The number of hydrogen-bond donors (Lipinski definition) is 1. The van der Waals surface area contributed by atoms with Gasteiger partial charge in [0, 0.05) is 12.1 Å². The molecule has 102 valence electrons. The van der Waals surface area contributed by atoms with Gasteiger partial charge in [-0.25, -0.2) is 4.39 Å². The van der Waals surface area contributed by atoms with E-state index in [0.29, 0.717) is 12.5 Å². The molecule has 0 radical (unpaired) electrons. The van der Waals surface area contributed by atoms with Crippen molar-refractivity contribution in [2.45, 2.75) is 26.9 Å². The van der Waals surface area contributed by atoms with Crippen LogP contribution in [0.3, 0.4) is 0 Å². The lowest BCUT2D eigenvalue weighted by Gasteiger charge is -2.13. The first-order valence-corrected chi connectivity index (χ1v) is 5.56. The number of halogens is 3. The highest BCUT2D eigenvalue weighted by molar-refractivity contribution is 5.56. The van der Waals surface area contributed by atoms with Crippen LogP contribution in [0.1, 0.15) is 20.3 Å². The normalized spacial score (nSPS) is 11.1. The zero-order valence-electron chi connectivity index (χ0n) is 10.3. The molecule has 0 aliphatic heterocycles. The summed E-state index contributed by atoms with van der Waals surface area (Å²) in [7, 11) is 0. The van der Waals surface area contributed by atoms with Gasteiger partial charge in [0.05, 0.1) is 12.3 Å². The number of hydrogen-bond acceptors (Lipinski definition) is 3. The predicted molar refractivity (Wildman–Crippen MR) is 62.4 cm³/mol. The van der Waals surface area contributed by atoms with Gasteiger partial charge in [-0.1, -0.05) is 13.8 Å². The summed E-state index contributed by atoms with van der Waals surface area (Å²) in [6.07, 6.45) is 0.780. The van der Waals surface area contributed by atoms with Crippen LogP contribution in [0.25, 0.3) is 0 Å². The predicted octanol–water partition coefficient (Wildman–Crippen LogP) is 3.43. The molecule has 1 aromatic rings. The Kier molecular flexibility index (Phi) is 5.12. The molecule has 0 bridgehead atoms. The number of ether oxygens (including phenoxy) is 2. The molecule has 18 heavy (non-hydrogen) atoms. The largest absolute Gasteiger partial charge is 0.491 e. The number of alkyl halides is 2. The van der Waals surface area contributed by atoms with Crippen LogP contribution in [0.5, 0.6) is 11.5 Å². The fourth-order valence-electron chi connectivity index (χ4n) is 1.27. The molecule has 1 aromatic carbocycles. The third-order valence-electron chi connectivity index (χ3n) is 2.23. The number of anilines is 1. The molecular formula is C12H16F3NO2. The molecule has 0 heterocycles. The second-order valence-electron chi connectivity index (χ2n) is 4.23. The van der Waals surface area contributed by atoms with Gasteiger partial charge in [-0.2, -0.15) is 8.78 Å². The van der Waals surface area contributed by atoms with Crippen molar-refractivity contribution in [2.75, 3.05) is 12.3 Å². The van der Waals surface area contributed by atoms with E-state index in [2.05, 4.69) is 4.74 Å². The van der Waals surface area contributed by atoms with Crippen LogP contribution >= 0.6 is 0 Å². The van der Waals surface area contributed by atoms with Crippen LogP contribution in [0.15, 0.2) is 12.1 Å². The summed E-state index contributed by atoms with van der Waals surface area (Å²) < 4.78 is 46.6. The highest BCUT2D eigenvalue weighted by Gasteiger charge is 2.14. The van der Waals surface area contributed by atoms with Crippen molar-refractivity contribution in [3.63, 3.8) is 0 Å². The minimum atomic E-state index is -3.09. The molecule has 0 atom stereocenters. The third kappa shape index (κ3) is 4.35. The fraction of sp³-hybridized carbons (Fsp3) is 0.500. The molecule has 0 spiro atoms. The van der Waals surface area contributed by atoms with E-state index in [1.54, 1.807) is 0 Å². The van der Waals surface area contributed by atoms with Crippen LogP contribution in [-0.2, 0) is 0 Å². The topological polar surface area (TPSA) is 44.5 Å². The van der Waals surface area contributed by atoms with Gasteiger partial charge in [-0.3, -0.25) is 0 Å². The van der Waals surface area contributed by atoms with Crippen molar-refractivity contribution in [3.8, 4) is 11.5 Å². The summed E-state index contributed by atoms with van der Waals surface area (Å²) in [6, 6.07) is 1.94. The van der Waals surface area contributed by atoms with Crippen LogP contribution in [0.4, 0.5) is 18.9 Å². The van der Waals surface area contributed by atoms with Crippen molar-refractivity contribution < 1.29 is 22.6 Å². The van der Waals surface area contributed by atoms with E-state index in [0.717, 1.165) is 18.6 Å². The van der Waals surface area contributed by atoms with E-state index < -0.39 is 18.2 Å².